The molecule has 0 N–H and O–H groups in total. The van der Waals surface area contributed by atoms with E-state index in [1.807, 2.05) is 0 Å². The number of carbonyl (C=O) groups excluding carboxylic acids is 4. The Morgan fingerprint density at radius 2 is 1.31 bits per heavy atom. The van der Waals surface area contributed by atoms with Gasteiger partial charge in [0.2, 0.25) is 0 Å². The van der Waals surface area contributed by atoms with Crippen LogP contribution in [-0.2, 0) is 19.2 Å². The minimum atomic E-state index is -1.25. The van der Waals surface area contributed by atoms with Crippen molar-refractivity contribution < 1.29 is 19.2 Å². The smallest absolute Gasteiger partial charge is 0.158 e. The first-order chi connectivity index (χ1) is 5.86. The van der Waals surface area contributed by atoms with Gasteiger partial charge in [-0.15, -0.1) is 0 Å². The monoisotopic (exact) mass is 184 g/mol. The maximum absolute atomic E-state index is 11.2. The highest BCUT2D eigenvalue weighted by Gasteiger charge is 2.28. The van der Waals surface area contributed by atoms with Crippen LogP contribution in [0.1, 0.15) is 27.2 Å². The largest absolute Gasteiger partial charge is 0.300 e. The molecule has 0 spiro atoms. The van der Waals surface area contributed by atoms with Gasteiger partial charge < -0.3 is 0 Å². The fourth-order valence-electron chi connectivity index (χ4n) is 1.09. The molecule has 0 amide bonds. The maximum Gasteiger partial charge on any atom is 0.158 e. The van der Waals surface area contributed by atoms with Crippen molar-refractivity contribution in [3.05, 3.63) is 0 Å². The van der Waals surface area contributed by atoms with Crippen molar-refractivity contribution in [3.8, 4) is 0 Å². The Morgan fingerprint density at radius 1 is 0.923 bits per heavy atom. The highest BCUT2D eigenvalue weighted by Crippen LogP contribution is 2.05. The van der Waals surface area contributed by atoms with Gasteiger partial charge in [0, 0.05) is 0 Å². The number of carbonyl (C=O) groups is 4. The lowest BCUT2D eigenvalue weighted by atomic mass is 9.93. The summed E-state index contributed by atoms with van der Waals surface area (Å²) in [6.45, 7) is 3.59. The number of hydrogen-bond donors (Lipinski definition) is 0. The summed E-state index contributed by atoms with van der Waals surface area (Å²) in [7, 11) is 0. The van der Waals surface area contributed by atoms with Gasteiger partial charge in [-0.2, -0.15) is 0 Å². The van der Waals surface area contributed by atoms with E-state index in [-0.39, 0.29) is 12.2 Å². The molecule has 0 aromatic carbocycles. The zero-order valence-electron chi connectivity index (χ0n) is 7.92. The molecule has 4 nitrogen and oxygen atoms in total. The van der Waals surface area contributed by atoms with Gasteiger partial charge in [0.05, 0.1) is 6.42 Å². The summed E-state index contributed by atoms with van der Waals surface area (Å²) in [5.74, 6) is -3.19. The van der Waals surface area contributed by atoms with Crippen molar-refractivity contribution >= 4 is 23.1 Å². The summed E-state index contributed by atoms with van der Waals surface area (Å²) in [5.41, 5.74) is 0. The van der Waals surface area contributed by atoms with Crippen molar-refractivity contribution in [2.45, 2.75) is 27.2 Å². The van der Waals surface area contributed by atoms with Crippen LogP contribution in [0.25, 0.3) is 0 Å². The number of Topliss-reactive ketones (excluding diaryl/α,β-unsaturated/α-hetero) is 4. The Balaban J connectivity index is 4.57. The topological polar surface area (TPSA) is 68.3 Å². The van der Waals surface area contributed by atoms with Crippen molar-refractivity contribution in [2.24, 2.45) is 5.92 Å². The van der Waals surface area contributed by atoms with E-state index in [9.17, 15) is 19.2 Å². The summed E-state index contributed by atoms with van der Waals surface area (Å²) < 4.78 is 0. The molecule has 0 rings (SSSR count). The third kappa shape index (κ3) is 3.73. The van der Waals surface area contributed by atoms with Crippen LogP contribution in [0.2, 0.25) is 0 Å². The molecule has 0 aliphatic carbocycles. The predicted molar refractivity (Wildman–Crippen MR) is 45.2 cm³/mol. The lowest BCUT2D eigenvalue weighted by Gasteiger charge is -2.06. The molecule has 0 unspecified atom stereocenters. The predicted octanol–water partition coefficient (Wildman–Crippen LogP) is 0.329. The van der Waals surface area contributed by atoms with Gasteiger partial charge in [0.1, 0.15) is 23.3 Å². The summed E-state index contributed by atoms with van der Waals surface area (Å²) in [6, 6.07) is 0. The Bertz CT molecular complexity index is 251. The lowest BCUT2D eigenvalue weighted by molar-refractivity contribution is -0.138. The van der Waals surface area contributed by atoms with Gasteiger partial charge in [-0.3, -0.25) is 19.2 Å². The van der Waals surface area contributed by atoms with Crippen LogP contribution >= 0.6 is 0 Å². The maximum atomic E-state index is 11.2. The minimum Gasteiger partial charge on any atom is -0.300 e. The molecule has 0 radical (unpaired) electrons. The third-order valence-electron chi connectivity index (χ3n) is 1.56. The second-order valence-corrected chi connectivity index (χ2v) is 3.00. The van der Waals surface area contributed by atoms with E-state index in [2.05, 4.69) is 0 Å². The number of rotatable bonds is 5. The molecule has 0 atom stereocenters. The molecule has 0 aromatic rings. The van der Waals surface area contributed by atoms with Crippen LogP contribution in [0, 0.1) is 5.92 Å². The molecule has 0 bridgehead atoms. The van der Waals surface area contributed by atoms with E-state index in [1.165, 1.54) is 20.8 Å². The zero-order chi connectivity index (χ0) is 10.6. The molecule has 0 aliphatic rings. The van der Waals surface area contributed by atoms with Gasteiger partial charge in [-0.25, -0.2) is 0 Å². The Hall–Kier alpha value is -1.32. The molecular formula is C9H12O4. The first-order valence-corrected chi connectivity index (χ1v) is 3.89. The van der Waals surface area contributed by atoms with Gasteiger partial charge in [0.15, 0.2) is 5.78 Å². The highest BCUT2D eigenvalue weighted by molar-refractivity contribution is 6.21. The first-order valence-electron chi connectivity index (χ1n) is 3.89. The summed E-state index contributed by atoms with van der Waals surface area (Å²) in [4.78, 5) is 43.4. The Labute approximate surface area is 76.3 Å². The SMILES string of the molecule is CC(=O)CC(=O)C(C(C)=O)C(C)=O. The van der Waals surface area contributed by atoms with Crippen molar-refractivity contribution in [3.63, 3.8) is 0 Å². The molecular weight excluding hydrogens is 172 g/mol. The average molecular weight is 184 g/mol. The normalized spacial score (nSPS) is 9.85. The fourth-order valence-corrected chi connectivity index (χ4v) is 1.09. The van der Waals surface area contributed by atoms with Crippen LogP contribution in [0.5, 0.6) is 0 Å². The Kier molecular flexibility index (Phi) is 4.17. The van der Waals surface area contributed by atoms with E-state index >= 15 is 0 Å². The second kappa shape index (κ2) is 4.64. The molecule has 0 saturated heterocycles. The molecule has 13 heavy (non-hydrogen) atoms. The quantitative estimate of drug-likeness (QED) is 0.577. The van der Waals surface area contributed by atoms with Crippen LogP contribution in [-0.4, -0.2) is 23.1 Å². The molecule has 0 aromatic heterocycles. The highest BCUT2D eigenvalue weighted by atomic mass is 16.2. The average Bonchev–Trinajstić information content (AvgIpc) is 1.81. The fraction of sp³-hybridized carbons (Fsp3) is 0.556. The molecule has 0 saturated carbocycles. The van der Waals surface area contributed by atoms with Crippen LogP contribution in [0.4, 0.5) is 0 Å². The van der Waals surface area contributed by atoms with E-state index < -0.39 is 23.3 Å². The van der Waals surface area contributed by atoms with E-state index in [1.54, 1.807) is 0 Å². The van der Waals surface area contributed by atoms with E-state index in [4.69, 9.17) is 0 Å². The lowest BCUT2D eigenvalue weighted by Crippen LogP contribution is -2.29. The van der Waals surface area contributed by atoms with Crippen LogP contribution < -0.4 is 0 Å². The first kappa shape index (κ1) is 11.7. The third-order valence-corrected chi connectivity index (χ3v) is 1.56. The zero-order valence-corrected chi connectivity index (χ0v) is 7.92. The Morgan fingerprint density at radius 3 is 1.54 bits per heavy atom. The van der Waals surface area contributed by atoms with Gasteiger partial charge >= 0.3 is 0 Å². The molecule has 0 fully saturated rings. The van der Waals surface area contributed by atoms with E-state index in [0.29, 0.717) is 0 Å². The summed E-state index contributed by atoms with van der Waals surface area (Å²) >= 11 is 0. The standard InChI is InChI=1S/C9H12O4/c1-5(10)4-8(13)9(6(2)11)7(3)12/h9H,4H2,1-3H3. The molecule has 4 heteroatoms. The van der Waals surface area contributed by atoms with Crippen LogP contribution in [0.3, 0.4) is 0 Å². The molecule has 0 aliphatic heterocycles. The van der Waals surface area contributed by atoms with Crippen molar-refractivity contribution in [2.75, 3.05) is 0 Å². The molecule has 0 heterocycles. The van der Waals surface area contributed by atoms with Gasteiger partial charge in [-0.1, -0.05) is 0 Å². The van der Waals surface area contributed by atoms with Crippen molar-refractivity contribution in [1.29, 1.82) is 0 Å². The van der Waals surface area contributed by atoms with Crippen LogP contribution in [0.15, 0.2) is 0 Å². The second-order valence-electron chi connectivity index (χ2n) is 3.00. The summed E-state index contributed by atoms with van der Waals surface area (Å²) in [6.07, 6.45) is -0.343. The van der Waals surface area contributed by atoms with Gasteiger partial charge in [-0.05, 0) is 20.8 Å². The van der Waals surface area contributed by atoms with Crippen molar-refractivity contribution in [1.82, 2.24) is 0 Å². The van der Waals surface area contributed by atoms with E-state index in [0.717, 1.165) is 0 Å². The molecule has 72 valence electrons. The van der Waals surface area contributed by atoms with Gasteiger partial charge in [0.25, 0.3) is 0 Å². The minimum absolute atomic E-state index is 0.336. The number of ketones is 4. The summed E-state index contributed by atoms with van der Waals surface area (Å²) in [5, 5.41) is 0. The number of hydrogen-bond acceptors (Lipinski definition) is 4.